The van der Waals surface area contributed by atoms with Crippen molar-refractivity contribution in [3.05, 3.63) is 30.1 Å². The molecule has 1 aliphatic rings. The van der Waals surface area contributed by atoms with Crippen molar-refractivity contribution in [2.45, 2.75) is 32.6 Å². The van der Waals surface area contributed by atoms with Gasteiger partial charge in [0.25, 0.3) is 0 Å². The Kier molecular flexibility index (Phi) is 6.44. The first-order valence-corrected chi connectivity index (χ1v) is 6.04. The van der Waals surface area contributed by atoms with Crippen LogP contribution in [-0.4, -0.2) is 5.97 Å². The molecule has 1 aromatic carbocycles. The molecule has 0 N–H and O–H groups in total. The van der Waals surface area contributed by atoms with Gasteiger partial charge in [0.05, 0.1) is 5.92 Å². The summed E-state index contributed by atoms with van der Waals surface area (Å²) in [6.07, 6.45) is 3.94. The molecule has 0 amide bonds. The van der Waals surface area contributed by atoms with E-state index in [1.54, 1.807) is 0 Å². The van der Waals surface area contributed by atoms with E-state index in [2.05, 4.69) is 13.0 Å². The minimum absolute atomic E-state index is 0. The Morgan fingerprint density at radius 1 is 1.33 bits per heavy atom. The normalized spacial score (nSPS) is 23.0. The summed E-state index contributed by atoms with van der Waals surface area (Å²) in [5.74, 6) is 0.428. The predicted molar refractivity (Wildman–Crippen MR) is 62.0 cm³/mol. The summed E-state index contributed by atoms with van der Waals surface area (Å²) >= 11 is 0. The number of benzene rings is 1. The van der Waals surface area contributed by atoms with Gasteiger partial charge in [-0.05, 0) is 31.6 Å². The average molecular weight is 324 g/mol. The maximum absolute atomic E-state index is 12.6. The molecule has 1 saturated carbocycles. The van der Waals surface area contributed by atoms with Crippen molar-refractivity contribution in [2.75, 3.05) is 0 Å². The Hall–Kier alpha value is -0.276. The molecule has 0 aromatic heterocycles. The molecule has 0 saturated heterocycles. The first-order valence-electron chi connectivity index (χ1n) is 6.04. The molecule has 2 nitrogen and oxygen atoms in total. The molecule has 0 spiro atoms. The molecule has 95 valence electrons. The Labute approximate surface area is 132 Å². The number of carbonyl (C=O) groups excluding carboxylic acids is 1. The molecular formula is C14H16FO2Y-. The van der Waals surface area contributed by atoms with Crippen LogP contribution in [0.25, 0.3) is 0 Å². The van der Waals surface area contributed by atoms with E-state index < -0.39 is 5.82 Å². The van der Waals surface area contributed by atoms with Gasteiger partial charge in [0.1, 0.15) is 0 Å². The van der Waals surface area contributed by atoms with Gasteiger partial charge in [-0.3, -0.25) is 4.79 Å². The van der Waals surface area contributed by atoms with Crippen molar-refractivity contribution < 1.29 is 46.6 Å². The predicted octanol–water partition coefficient (Wildman–Crippen LogP) is 3.36. The fraction of sp³-hybridized carbons (Fsp3) is 0.500. The Morgan fingerprint density at radius 2 is 2.00 bits per heavy atom. The minimum Gasteiger partial charge on any atom is -0.490 e. The van der Waals surface area contributed by atoms with Crippen LogP contribution in [0.4, 0.5) is 4.39 Å². The van der Waals surface area contributed by atoms with Gasteiger partial charge in [0.15, 0.2) is 0 Å². The SMILES string of the molecule is CC1CCC(C(=O)Oc2c[c-]c(F)cc2)CC1.[Y]. The Bertz CT molecular complexity index is 383. The van der Waals surface area contributed by atoms with Gasteiger partial charge >= 0.3 is 5.97 Å². The summed E-state index contributed by atoms with van der Waals surface area (Å²) in [7, 11) is 0. The number of hydrogen-bond acceptors (Lipinski definition) is 2. The van der Waals surface area contributed by atoms with E-state index in [0.29, 0.717) is 11.7 Å². The topological polar surface area (TPSA) is 26.3 Å². The zero-order valence-corrected chi connectivity index (χ0v) is 13.3. The minimum atomic E-state index is -0.448. The van der Waals surface area contributed by atoms with Crippen molar-refractivity contribution >= 4 is 5.97 Å². The maximum Gasteiger partial charge on any atom is 0.302 e. The van der Waals surface area contributed by atoms with E-state index in [1.807, 2.05) is 0 Å². The second kappa shape index (κ2) is 7.35. The largest absolute Gasteiger partial charge is 0.490 e. The van der Waals surface area contributed by atoms with Crippen molar-refractivity contribution in [2.24, 2.45) is 11.8 Å². The molecule has 4 heteroatoms. The molecule has 0 unspecified atom stereocenters. The Morgan fingerprint density at radius 3 is 2.56 bits per heavy atom. The summed E-state index contributed by atoms with van der Waals surface area (Å²) in [4.78, 5) is 11.8. The zero-order valence-electron chi connectivity index (χ0n) is 10.5. The van der Waals surface area contributed by atoms with Crippen LogP contribution in [0.1, 0.15) is 32.6 Å². The van der Waals surface area contributed by atoms with E-state index in [0.717, 1.165) is 25.7 Å². The first kappa shape index (κ1) is 15.8. The first-order chi connectivity index (χ1) is 8.15. The number of carbonyl (C=O) groups is 1. The van der Waals surface area contributed by atoms with Crippen LogP contribution in [-0.2, 0) is 37.5 Å². The fourth-order valence-electron chi connectivity index (χ4n) is 2.15. The molecule has 1 fully saturated rings. The van der Waals surface area contributed by atoms with Gasteiger partial charge < -0.3 is 4.74 Å². The van der Waals surface area contributed by atoms with Gasteiger partial charge in [-0.2, -0.15) is 0 Å². The Balaban J connectivity index is 0.00000162. The molecule has 1 radical (unpaired) electrons. The summed E-state index contributed by atoms with van der Waals surface area (Å²) in [6.45, 7) is 2.20. The van der Waals surface area contributed by atoms with E-state index in [-0.39, 0.29) is 44.6 Å². The molecule has 0 aliphatic heterocycles. The van der Waals surface area contributed by atoms with Crippen LogP contribution in [0.3, 0.4) is 0 Å². The molecular weight excluding hydrogens is 308 g/mol. The van der Waals surface area contributed by atoms with Crippen LogP contribution in [0.15, 0.2) is 18.2 Å². The van der Waals surface area contributed by atoms with E-state index in [4.69, 9.17) is 4.74 Å². The van der Waals surface area contributed by atoms with E-state index >= 15 is 0 Å². The summed E-state index contributed by atoms with van der Waals surface area (Å²) in [6, 6.07) is 6.43. The van der Waals surface area contributed by atoms with E-state index in [9.17, 15) is 9.18 Å². The van der Waals surface area contributed by atoms with Gasteiger partial charge in [-0.15, -0.1) is 24.3 Å². The quantitative estimate of drug-likeness (QED) is 0.474. The molecule has 0 heterocycles. The zero-order chi connectivity index (χ0) is 12.3. The third kappa shape index (κ3) is 4.44. The van der Waals surface area contributed by atoms with Crippen molar-refractivity contribution in [3.8, 4) is 5.75 Å². The number of ether oxygens (including phenoxy) is 1. The molecule has 2 rings (SSSR count). The summed E-state index contributed by atoms with van der Waals surface area (Å²) in [5.41, 5.74) is 0. The van der Waals surface area contributed by atoms with Gasteiger partial charge in [-0.1, -0.05) is 6.92 Å². The van der Waals surface area contributed by atoms with Crippen LogP contribution in [0.2, 0.25) is 0 Å². The monoisotopic (exact) mass is 324 g/mol. The number of halogens is 1. The molecule has 1 aromatic rings. The molecule has 0 bridgehead atoms. The van der Waals surface area contributed by atoms with Gasteiger partial charge in [-0.25, -0.2) is 4.39 Å². The fourth-order valence-corrected chi connectivity index (χ4v) is 2.15. The third-order valence-corrected chi connectivity index (χ3v) is 3.31. The number of esters is 1. The van der Waals surface area contributed by atoms with Gasteiger partial charge in [0.2, 0.25) is 0 Å². The van der Waals surface area contributed by atoms with Crippen LogP contribution >= 0.6 is 0 Å². The number of rotatable bonds is 2. The smallest absolute Gasteiger partial charge is 0.302 e. The van der Waals surface area contributed by atoms with E-state index in [1.165, 1.54) is 18.2 Å². The molecule has 18 heavy (non-hydrogen) atoms. The summed E-state index contributed by atoms with van der Waals surface area (Å²) < 4.78 is 17.8. The van der Waals surface area contributed by atoms with Gasteiger partial charge in [0, 0.05) is 44.3 Å². The average Bonchev–Trinajstić information content (AvgIpc) is 2.33. The van der Waals surface area contributed by atoms with Crippen molar-refractivity contribution in [1.29, 1.82) is 0 Å². The second-order valence-electron chi connectivity index (χ2n) is 4.75. The molecule has 0 atom stereocenters. The van der Waals surface area contributed by atoms with Crippen LogP contribution in [0.5, 0.6) is 5.75 Å². The molecule has 1 aliphatic carbocycles. The van der Waals surface area contributed by atoms with Crippen LogP contribution < -0.4 is 4.74 Å². The van der Waals surface area contributed by atoms with Crippen molar-refractivity contribution in [1.82, 2.24) is 0 Å². The van der Waals surface area contributed by atoms with Crippen LogP contribution in [0, 0.1) is 23.7 Å². The standard InChI is InChI=1S/C14H16FO2.Y/c1-10-2-4-11(5-3-10)14(16)17-13-8-6-12(15)7-9-13;/h6,8-11H,2-5H2,1H3;/q-1;. The summed E-state index contributed by atoms with van der Waals surface area (Å²) in [5, 5.41) is 0. The third-order valence-electron chi connectivity index (χ3n) is 3.31. The second-order valence-corrected chi connectivity index (χ2v) is 4.75. The maximum atomic E-state index is 12.6. The number of hydrogen-bond donors (Lipinski definition) is 0. The van der Waals surface area contributed by atoms with Crippen molar-refractivity contribution in [3.63, 3.8) is 0 Å².